The van der Waals surface area contributed by atoms with E-state index in [0.717, 1.165) is 20.3 Å². The molecule has 0 spiro atoms. The van der Waals surface area contributed by atoms with Crippen molar-refractivity contribution in [1.82, 2.24) is 10.4 Å². The summed E-state index contributed by atoms with van der Waals surface area (Å²) in [5.74, 6) is 0.612. The van der Waals surface area contributed by atoms with Crippen molar-refractivity contribution in [2.75, 3.05) is 6.61 Å². The monoisotopic (exact) mass is 385 g/mol. The summed E-state index contributed by atoms with van der Waals surface area (Å²) in [5.41, 5.74) is 4.25. The fourth-order valence-electron chi connectivity index (χ4n) is 2.08. The van der Waals surface area contributed by atoms with Crippen molar-refractivity contribution in [3.63, 3.8) is 0 Å². The van der Waals surface area contributed by atoms with E-state index in [1.807, 2.05) is 68.4 Å². The van der Waals surface area contributed by atoms with Crippen LogP contribution in [0.3, 0.4) is 0 Å². The van der Waals surface area contributed by atoms with Gasteiger partial charge in [0.25, 0.3) is 5.91 Å². The zero-order valence-electron chi connectivity index (χ0n) is 14.5. The van der Waals surface area contributed by atoms with E-state index in [1.54, 1.807) is 11.3 Å². The van der Waals surface area contributed by atoms with Crippen LogP contribution in [0.25, 0.3) is 10.2 Å². The maximum atomic E-state index is 12.2. The van der Waals surface area contributed by atoms with E-state index in [4.69, 9.17) is 4.74 Å². The van der Waals surface area contributed by atoms with Gasteiger partial charge in [-0.25, -0.2) is 10.4 Å². The van der Waals surface area contributed by atoms with Gasteiger partial charge in [-0.2, -0.15) is 5.10 Å². The normalized spacial score (nSPS) is 12.8. The van der Waals surface area contributed by atoms with Crippen molar-refractivity contribution < 1.29 is 9.53 Å². The molecule has 0 aliphatic carbocycles. The molecule has 0 saturated heterocycles. The van der Waals surface area contributed by atoms with Gasteiger partial charge < -0.3 is 4.74 Å². The molecule has 0 radical (unpaired) electrons. The van der Waals surface area contributed by atoms with Gasteiger partial charge in [-0.3, -0.25) is 4.79 Å². The molecule has 7 heteroatoms. The number of para-hydroxylation sites is 2. The van der Waals surface area contributed by atoms with Crippen LogP contribution < -0.4 is 10.2 Å². The molecule has 0 aliphatic heterocycles. The number of thioether (sulfide) groups is 1. The van der Waals surface area contributed by atoms with Crippen molar-refractivity contribution >= 4 is 44.9 Å². The number of carbonyl (C=O) groups excluding carboxylic acids is 1. The average molecular weight is 386 g/mol. The lowest BCUT2D eigenvalue weighted by Crippen LogP contribution is -2.28. The maximum Gasteiger partial charge on any atom is 0.253 e. The molecule has 1 aromatic heterocycles. The minimum atomic E-state index is -0.290. The number of benzene rings is 2. The Bertz CT molecular complexity index is 876. The Balaban J connectivity index is 1.50. The number of fused-ring (bicyclic) bond motifs is 1. The molecule has 0 aliphatic rings. The van der Waals surface area contributed by atoms with E-state index in [1.165, 1.54) is 11.8 Å². The molecular weight excluding hydrogens is 366 g/mol. The molecule has 3 rings (SSSR count). The molecule has 3 aromatic rings. The molecule has 1 amide bonds. The van der Waals surface area contributed by atoms with Crippen molar-refractivity contribution in [3.8, 4) is 5.75 Å². The number of nitrogens with one attached hydrogen (secondary N) is 1. The van der Waals surface area contributed by atoms with E-state index in [-0.39, 0.29) is 11.2 Å². The lowest BCUT2D eigenvalue weighted by Gasteiger charge is -2.09. The molecule has 0 bridgehead atoms. The molecular formula is C19H19N3O2S2. The summed E-state index contributed by atoms with van der Waals surface area (Å²) in [4.78, 5) is 16.8. The number of nitrogens with zero attached hydrogens (tertiary/aromatic N) is 2. The number of aromatic nitrogens is 1. The maximum absolute atomic E-state index is 12.2. The van der Waals surface area contributed by atoms with Gasteiger partial charge in [0, 0.05) is 0 Å². The third-order valence-corrected chi connectivity index (χ3v) is 5.70. The van der Waals surface area contributed by atoms with Crippen molar-refractivity contribution in [3.05, 3.63) is 54.6 Å². The third kappa shape index (κ3) is 5.06. The second-order valence-corrected chi connectivity index (χ2v) is 8.25. The predicted octanol–water partition coefficient (Wildman–Crippen LogP) is 4.35. The van der Waals surface area contributed by atoms with Gasteiger partial charge in [0.1, 0.15) is 12.4 Å². The number of thiazole rings is 1. The van der Waals surface area contributed by atoms with Crippen LogP contribution in [-0.2, 0) is 4.79 Å². The first-order chi connectivity index (χ1) is 12.6. The fraction of sp³-hybridized carbons (Fsp3) is 0.211. The zero-order valence-corrected chi connectivity index (χ0v) is 16.1. The minimum absolute atomic E-state index is 0.159. The first kappa shape index (κ1) is 18.4. The van der Waals surface area contributed by atoms with E-state index in [2.05, 4.69) is 15.5 Å². The third-order valence-electron chi connectivity index (χ3n) is 3.47. The van der Waals surface area contributed by atoms with Crippen LogP contribution in [0, 0.1) is 0 Å². The second kappa shape index (κ2) is 8.82. The number of ether oxygens (including phenoxy) is 1. The summed E-state index contributed by atoms with van der Waals surface area (Å²) in [7, 11) is 0. The molecule has 134 valence electrons. The van der Waals surface area contributed by atoms with Gasteiger partial charge in [-0.05, 0) is 38.1 Å². The number of rotatable bonds is 7. The van der Waals surface area contributed by atoms with Crippen LogP contribution in [0.1, 0.15) is 13.8 Å². The highest BCUT2D eigenvalue weighted by Crippen LogP contribution is 2.31. The first-order valence-corrected chi connectivity index (χ1v) is 9.84. The molecule has 0 saturated carbocycles. The topological polar surface area (TPSA) is 63.6 Å². The Kier molecular flexibility index (Phi) is 6.25. The summed E-state index contributed by atoms with van der Waals surface area (Å²) in [6.07, 6.45) is 0. The Hall–Kier alpha value is -2.38. The SMILES string of the molecule is C/C(COc1ccccc1)=N\NC(=O)C(C)Sc1nc2ccccc2s1. The zero-order chi connectivity index (χ0) is 18.4. The van der Waals surface area contributed by atoms with Crippen LogP contribution in [0.5, 0.6) is 5.75 Å². The van der Waals surface area contributed by atoms with E-state index < -0.39 is 0 Å². The number of hydrazone groups is 1. The molecule has 1 heterocycles. The highest BCUT2D eigenvalue weighted by atomic mass is 32.2. The Morgan fingerprint density at radius 3 is 2.73 bits per heavy atom. The Morgan fingerprint density at radius 2 is 1.96 bits per heavy atom. The molecule has 2 aromatic carbocycles. The van der Waals surface area contributed by atoms with E-state index >= 15 is 0 Å². The van der Waals surface area contributed by atoms with Crippen LogP contribution in [0.15, 0.2) is 64.0 Å². The van der Waals surface area contributed by atoms with Gasteiger partial charge in [-0.15, -0.1) is 11.3 Å². The van der Waals surface area contributed by atoms with Gasteiger partial charge in [-0.1, -0.05) is 42.1 Å². The summed E-state index contributed by atoms with van der Waals surface area (Å²) >= 11 is 3.02. The standard InChI is InChI=1S/C19H19N3O2S2/c1-13(12-24-15-8-4-3-5-9-15)21-22-18(23)14(2)25-19-20-16-10-6-7-11-17(16)26-19/h3-11,14H,12H2,1-2H3,(H,22,23)/b21-13+. The molecule has 0 fully saturated rings. The highest BCUT2D eigenvalue weighted by molar-refractivity contribution is 8.02. The van der Waals surface area contributed by atoms with Crippen molar-refractivity contribution in [2.24, 2.45) is 5.10 Å². The smallest absolute Gasteiger partial charge is 0.253 e. The van der Waals surface area contributed by atoms with Gasteiger partial charge in [0.05, 0.1) is 21.2 Å². The van der Waals surface area contributed by atoms with Crippen LogP contribution in [0.2, 0.25) is 0 Å². The van der Waals surface area contributed by atoms with E-state index in [0.29, 0.717) is 12.3 Å². The average Bonchev–Trinajstić information content (AvgIpc) is 3.07. The summed E-state index contributed by atoms with van der Waals surface area (Å²) in [6, 6.07) is 17.4. The van der Waals surface area contributed by atoms with Gasteiger partial charge in [0.2, 0.25) is 0 Å². The van der Waals surface area contributed by atoms with Crippen molar-refractivity contribution in [1.29, 1.82) is 0 Å². The largest absolute Gasteiger partial charge is 0.488 e. The van der Waals surface area contributed by atoms with Gasteiger partial charge >= 0.3 is 0 Å². The number of carbonyl (C=O) groups is 1. The van der Waals surface area contributed by atoms with Crippen LogP contribution in [-0.4, -0.2) is 28.5 Å². The highest BCUT2D eigenvalue weighted by Gasteiger charge is 2.16. The lowest BCUT2D eigenvalue weighted by molar-refractivity contribution is -0.120. The molecule has 1 N–H and O–H groups in total. The number of hydrogen-bond acceptors (Lipinski definition) is 6. The Labute approximate surface area is 160 Å². The van der Waals surface area contributed by atoms with Gasteiger partial charge in [0.15, 0.2) is 4.34 Å². The molecule has 1 atom stereocenters. The minimum Gasteiger partial charge on any atom is -0.488 e. The fourth-order valence-corrected chi connectivity index (χ4v) is 4.29. The summed E-state index contributed by atoms with van der Waals surface area (Å²) < 4.78 is 7.59. The Morgan fingerprint density at radius 1 is 1.23 bits per heavy atom. The lowest BCUT2D eigenvalue weighted by atomic mass is 10.3. The number of amides is 1. The summed E-state index contributed by atoms with van der Waals surface area (Å²) in [5, 5.41) is 3.82. The van der Waals surface area contributed by atoms with Crippen LogP contribution >= 0.6 is 23.1 Å². The van der Waals surface area contributed by atoms with Crippen LogP contribution in [0.4, 0.5) is 0 Å². The predicted molar refractivity (Wildman–Crippen MR) is 108 cm³/mol. The van der Waals surface area contributed by atoms with Crippen molar-refractivity contribution in [2.45, 2.75) is 23.4 Å². The molecule has 1 unspecified atom stereocenters. The van der Waals surface area contributed by atoms with E-state index in [9.17, 15) is 4.79 Å². The number of hydrogen-bond donors (Lipinski definition) is 1. The summed E-state index contributed by atoms with van der Waals surface area (Å²) in [6.45, 7) is 3.98. The quantitative estimate of drug-likeness (QED) is 0.373. The molecule has 26 heavy (non-hydrogen) atoms. The first-order valence-electron chi connectivity index (χ1n) is 8.15. The molecule has 5 nitrogen and oxygen atoms in total. The second-order valence-electron chi connectivity index (χ2n) is 5.63.